The molecule has 1 aromatic heterocycles. The van der Waals surface area contributed by atoms with E-state index in [1.165, 1.54) is 4.88 Å². The number of nitrogens with zero attached hydrogens (tertiary/aromatic N) is 1. The number of hydrogen-bond donors (Lipinski definition) is 1. The Kier molecular flexibility index (Phi) is 5.20. The Hall–Kier alpha value is -0.870. The van der Waals surface area contributed by atoms with Crippen LogP contribution in [0.4, 0.5) is 0 Å². The highest BCUT2D eigenvalue weighted by molar-refractivity contribution is 7.09. The highest BCUT2D eigenvalue weighted by Gasteiger charge is 2.27. The molecule has 100 valence electrons. The van der Waals surface area contributed by atoms with E-state index in [0.717, 1.165) is 38.8 Å². The summed E-state index contributed by atoms with van der Waals surface area (Å²) in [6.07, 6.45) is 5.01. The lowest BCUT2D eigenvalue weighted by atomic mass is 10.1. The lowest BCUT2D eigenvalue weighted by molar-refractivity contribution is -0.132. The van der Waals surface area contributed by atoms with Gasteiger partial charge in [-0.1, -0.05) is 6.07 Å². The van der Waals surface area contributed by atoms with E-state index in [1.807, 2.05) is 7.05 Å². The second-order valence-corrected chi connectivity index (χ2v) is 5.91. The molecule has 0 bridgehead atoms. The van der Waals surface area contributed by atoms with E-state index >= 15 is 0 Å². The van der Waals surface area contributed by atoms with Crippen LogP contribution in [0.5, 0.6) is 0 Å². The Morgan fingerprint density at radius 1 is 1.61 bits per heavy atom. The molecule has 1 atom stereocenters. The van der Waals surface area contributed by atoms with Crippen LogP contribution in [0.1, 0.15) is 30.6 Å². The molecular formula is C14H22N2OS. The quantitative estimate of drug-likeness (QED) is 0.857. The molecule has 0 saturated carbocycles. The van der Waals surface area contributed by atoms with Crippen molar-refractivity contribution in [2.45, 2.75) is 38.1 Å². The monoisotopic (exact) mass is 266 g/mol. The number of carbonyl (C=O) groups is 1. The first-order valence-corrected chi connectivity index (χ1v) is 7.65. The smallest absolute Gasteiger partial charge is 0.222 e. The van der Waals surface area contributed by atoms with Crippen molar-refractivity contribution in [1.29, 1.82) is 0 Å². The molecule has 4 heteroatoms. The zero-order valence-corrected chi connectivity index (χ0v) is 11.8. The number of aryl methyl sites for hydroxylation is 1. The first-order chi connectivity index (χ1) is 8.81. The van der Waals surface area contributed by atoms with E-state index in [4.69, 9.17) is 0 Å². The fourth-order valence-electron chi connectivity index (χ4n) is 2.62. The van der Waals surface area contributed by atoms with Crippen molar-refractivity contribution in [2.75, 3.05) is 20.1 Å². The third-order valence-corrected chi connectivity index (χ3v) is 4.47. The van der Waals surface area contributed by atoms with Crippen LogP contribution in [0, 0.1) is 0 Å². The minimum absolute atomic E-state index is 0.337. The van der Waals surface area contributed by atoms with E-state index in [2.05, 4.69) is 27.7 Å². The van der Waals surface area contributed by atoms with Crippen molar-refractivity contribution in [1.82, 2.24) is 10.2 Å². The molecular weight excluding hydrogens is 244 g/mol. The molecule has 1 N–H and O–H groups in total. The summed E-state index contributed by atoms with van der Waals surface area (Å²) in [6, 6.07) is 4.64. The molecule has 0 spiro atoms. The van der Waals surface area contributed by atoms with E-state index in [-0.39, 0.29) is 0 Å². The molecule has 1 fully saturated rings. The average Bonchev–Trinajstić information content (AvgIpc) is 3.00. The number of carbonyl (C=O) groups excluding carboxylic acids is 1. The summed E-state index contributed by atoms with van der Waals surface area (Å²) in [7, 11) is 1.96. The summed E-state index contributed by atoms with van der Waals surface area (Å²) >= 11 is 1.78. The van der Waals surface area contributed by atoms with Gasteiger partial charge < -0.3 is 10.2 Å². The second-order valence-electron chi connectivity index (χ2n) is 4.87. The first-order valence-electron chi connectivity index (χ1n) is 6.77. The normalized spacial score (nSPS) is 19.4. The number of thiophene rings is 1. The Bertz CT molecular complexity index is 364. The zero-order valence-electron chi connectivity index (χ0n) is 11.0. The standard InChI is InChI=1S/C14H22N2OS/c1-15-11-12-5-3-9-16(12)14(17)8-2-6-13-7-4-10-18-13/h4,7,10,12,15H,2-3,5-6,8-9,11H2,1H3. The van der Waals surface area contributed by atoms with Crippen LogP contribution < -0.4 is 5.32 Å². The van der Waals surface area contributed by atoms with Crippen LogP contribution in [0.15, 0.2) is 17.5 Å². The topological polar surface area (TPSA) is 32.3 Å². The van der Waals surface area contributed by atoms with Crippen molar-refractivity contribution < 1.29 is 4.79 Å². The predicted octanol–water partition coefficient (Wildman–Crippen LogP) is 2.28. The van der Waals surface area contributed by atoms with Crippen LogP contribution in [0.25, 0.3) is 0 Å². The molecule has 3 nitrogen and oxygen atoms in total. The second kappa shape index (κ2) is 6.90. The van der Waals surface area contributed by atoms with Gasteiger partial charge in [0.1, 0.15) is 0 Å². The Balaban J connectivity index is 1.73. The van der Waals surface area contributed by atoms with Gasteiger partial charge in [-0.2, -0.15) is 0 Å². The molecule has 1 unspecified atom stereocenters. The van der Waals surface area contributed by atoms with Gasteiger partial charge in [-0.15, -0.1) is 11.3 Å². The number of nitrogens with one attached hydrogen (secondary N) is 1. The number of rotatable bonds is 6. The van der Waals surface area contributed by atoms with Crippen LogP contribution >= 0.6 is 11.3 Å². The van der Waals surface area contributed by atoms with Crippen molar-refractivity contribution >= 4 is 17.2 Å². The van der Waals surface area contributed by atoms with Crippen molar-refractivity contribution in [3.8, 4) is 0 Å². The SMILES string of the molecule is CNCC1CCCN1C(=O)CCCc1cccs1. The van der Waals surface area contributed by atoms with Crippen molar-refractivity contribution in [2.24, 2.45) is 0 Å². The molecule has 2 rings (SSSR count). The summed E-state index contributed by atoms with van der Waals surface area (Å²) in [5.41, 5.74) is 0. The third-order valence-electron chi connectivity index (χ3n) is 3.53. The Labute approximate surface area is 113 Å². The van der Waals surface area contributed by atoms with Crippen molar-refractivity contribution in [3.05, 3.63) is 22.4 Å². The minimum atomic E-state index is 0.337. The van der Waals surface area contributed by atoms with Gasteiger partial charge in [0.15, 0.2) is 0 Å². The molecule has 2 heterocycles. The molecule has 0 aromatic carbocycles. The molecule has 18 heavy (non-hydrogen) atoms. The summed E-state index contributed by atoms with van der Waals surface area (Å²) in [5.74, 6) is 0.337. The Morgan fingerprint density at radius 2 is 2.50 bits per heavy atom. The molecule has 1 aliphatic heterocycles. The molecule has 1 amide bonds. The minimum Gasteiger partial charge on any atom is -0.338 e. The van der Waals surface area contributed by atoms with Gasteiger partial charge in [0.2, 0.25) is 5.91 Å². The van der Waals surface area contributed by atoms with E-state index in [0.29, 0.717) is 18.4 Å². The maximum atomic E-state index is 12.2. The molecule has 1 saturated heterocycles. The largest absolute Gasteiger partial charge is 0.338 e. The molecule has 1 aliphatic rings. The highest BCUT2D eigenvalue weighted by atomic mass is 32.1. The number of likely N-dealkylation sites (N-methyl/N-ethyl adjacent to an activating group) is 1. The van der Waals surface area contributed by atoms with E-state index < -0.39 is 0 Å². The number of likely N-dealkylation sites (tertiary alicyclic amines) is 1. The van der Waals surface area contributed by atoms with Gasteiger partial charge in [0.05, 0.1) is 0 Å². The van der Waals surface area contributed by atoms with Gasteiger partial charge in [-0.3, -0.25) is 4.79 Å². The van der Waals surface area contributed by atoms with Crippen LogP contribution in [0.3, 0.4) is 0 Å². The molecule has 0 radical (unpaired) electrons. The molecule has 0 aliphatic carbocycles. The summed E-state index contributed by atoms with van der Waals surface area (Å²) in [6.45, 7) is 1.88. The van der Waals surface area contributed by atoms with Crippen LogP contribution in [0.2, 0.25) is 0 Å². The number of hydrogen-bond acceptors (Lipinski definition) is 3. The first kappa shape index (κ1) is 13.6. The van der Waals surface area contributed by atoms with E-state index in [9.17, 15) is 4.79 Å². The Morgan fingerprint density at radius 3 is 3.22 bits per heavy atom. The maximum absolute atomic E-state index is 12.2. The average molecular weight is 266 g/mol. The van der Waals surface area contributed by atoms with Gasteiger partial charge in [-0.05, 0) is 44.2 Å². The summed E-state index contributed by atoms with van der Waals surface area (Å²) < 4.78 is 0. The maximum Gasteiger partial charge on any atom is 0.222 e. The number of amides is 1. The van der Waals surface area contributed by atoms with Gasteiger partial charge in [0.25, 0.3) is 0 Å². The highest BCUT2D eigenvalue weighted by Crippen LogP contribution is 2.19. The van der Waals surface area contributed by atoms with Gasteiger partial charge in [-0.25, -0.2) is 0 Å². The van der Waals surface area contributed by atoms with Crippen molar-refractivity contribution in [3.63, 3.8) is 0 Å². The van der Waals surface area contributed by atoms with Gasteiger partial charge in [0, 0.05) is 30.4 Å². The molecule has 1 aromatic rings. The fourth-order valence-corrected chi connectivity index (χ4v) is 3.38. The fraction of sp³-hybridized carbons (Fsp3) is 0.643. The lowest BCUT2D eigenvalue weighted by Gasteiger charge is -2.24. The predicted molar refractivity (Wildman–Crippen MR) is 75.9 cm³/mol. The summed E-state index contributed by atoms with van der Waals surface area (Å²) in [4.78, 5) is 15.6. The zero-order chi connectivity index (χ0) is 12.8. The van der Waals surface area contributed by atoms with Crippen LogP contribution in [-0.4, -0.2) is 37.0 Å². The lowest BCUT2D eigenvalue weighted by Crippen LogP contribution is -2.40. The van der Waals surface area contributed by atoms with Crippen LogP contribution in [-0.2, 0) is 11.2 Å². The summed E-state index contributed by atoms with van der Waals surface area (Å²) in [5, 5.41) is 5.28. The third kappa shape index (κ3) is 3.56. The van der Waals surface area contributed by atoms with Gasteiger partial charge >= 0.3 is 0 Å². The van der Waals surface area contributed by atoms with E-state index in [1.54, 1.807) is 11.3 Å².